The van der Waals surface area contributed by atoms with E-state index in [1.165, 1.54) is 6.33 Å². The fraction of sp³-hybridized carbons (Fsp3) is 0. The minimum Gasteiger partial charge on any atom is -0.319 e. The molecule has 9 nitrogen and oxygen atoms in total. The smallest absolute Gasteiger partial charge is 0.297 e. The van der Waals surface area contributed by atoms with E-state index < -0.39 is 5.91 Å². The Balaban J connectivity index is 1.75. The maximum atomic E-state index is 11.7. The molecule has 3 aromatic rings. The zero-order valence-corrected chi connectivity index (χ0v) is 9.56. The van der Waals surface area contributed by atoms with E-state index in [9.17, 15) is 4.79 Å². The second-order valence-electron chi connectivity index (χ2n) is 3.58. The molecule has 0 aliphatic heterocycles. The number of carbonyl (C=O) groups excluding carboxylic acids is 1. The maximum absolute atomic E-state index is 11.7. The molecule has 94 valence electrons. The predicted molar refractivity (Wildman–Crippen MR) is 63.5 cm³/mol. The van der Waals surface area contributed by atoms with Crippen LogP contribution >= 0.6 is 0 Å². The number of benzene rings is 1. The summed E-state index contributed by atoms with van der Waals surface area (Å²) < 4.78 is 1.62. The molecule has 2 N–H and O–H groups in total. The number of carbonyl (C=O) groups is 1. The summed E-state index contributed by atoms with van der Waals surface area (Å²) in [5.41, 5.74) is 1.47. The van der Waals surface area contributed by atoms with Crippen molar-refractivity contribution in [3.63, 3.8) is 0 Å². The lowest BCUT2D eigenvalue weighted by Crippen LogP contribution is -2.13. The highest BCUT2D eigenvalue weighted by Crippen LogP contribution is 2.12. The summed E-state index contributed by atoms with van der Waals surface area (Å²) in [5, 5.41) is 19.4. The molecular formula is C10H8N8O. The Morgan fingerprint density at radius 3 is 2.74 bits per heavy atom. The first-order valence-corrected chi connectivity index (χ1v) is 5.33. The molecule has 0 saturated heterocycles. The number of aromatic amines is 1. The van der Waals surface area contributed by atoms with Gasteiger partial charge < -0.3 is 5.32 Å². The third kappa shape index (κ3) is 2.29. The average molecular weight is 256 g/mol. The largest absolute Gasteiger partial charge is 0.319 e. The van der Waals surface area contributed by atoms with Crippen molar-refractivity contribution in [3.8, 4) is 5.69 Å². The van der Waals surface area contributed by atoms with E-state index in [2.05, 4.69) is 36.0 Å². The van der Waals surface area contributed by atoms with E-state index in [0.717, 1.165) is 5.69 Å². The molecule has 0 saturated carbocycles. The van der Waals surface area contributed by atoms with Gasteiger partial charge in [0.05, 0.1) is 5.69 Å². The van der Waals surface area contributed by atoms with Gasteiger partial charge in [-0.15, -0.1) is 10.2 Å². The lowest BCUT2D eigenvalue weighted by molar-refractivity contribution is 0.101. The van der Waals surface area contributed by atoms with Gasteiger partial charge in [0.1, 0.15) is 12.7 Å². The highest BCUT2D eigenvalue weighted by atomic mass is 16.2. The van der Waals surface area contributed by atoms with Crippen LogP contribution in [0.3, 0.4) is 0 Å². The van der Waals surface area contributed by atoms with Crippen LogP contribution in [0.2, 0.25) is 0 Å². The number of H-pyrrole nitrogens is 1. The molecule has 0 atom stereocenters. The van der Waals surface area contributed by atoms with Crippen LogP contribution < -0.4 is 5.32 Å². The molecule has 19 heavy (non-hydrogen) atoms. The Bertz CT molecular complexity index is 658. The van der Waals surface area contributed by atoms with Crippen molar-refractivity contribution in [2.24, 2.45) is 0 Å². The SMILES string of the molecule is O=C(Nc1ccc(-n2cncn2)cc1)c1nn[nH]n1. The molecule has 0 radical (unpaired) electrons. The maximum Gasteiger partial charge on any atom is 0.297 e. The third-order valence-electron chi connectivity index (χ3n) is 2.36. The summed E-state index contributed by atoms with van der Waals surface area (Å²) in [6.45, 7) is 0. The Hall–Kier alpha value is -3.10. The highest BCUT2D eigenvalue weighted by molar-refractivity contribution is 6.01. The molecule has 0 aliphatic carbocycles. The van der Waals surface area contributed by atoms with Crippen molar-refractivity contribution in [3.05, 3.63) is 42.7 Å². The van der Waals surface area contributed by atoms with Crippen LogP contribution in [0.1, 0.15) is 10.6 Å². The number of aromatic nitrogens is 7. The fourth-order valence-corrected chi connectivity index (χ4v) is 1.48. The summed E-state index contributed by atoms with van der Waals surface area (Å²) >= 11 is 0. The van der Waals surface area contributed by atoms with E-state index >= 15 is 0 Å². The van der Waals surface area contributed by atoms with E-state index in [1.54, 1.807) is 35.3 Å². The van der Waals surface area contributed by atoms with Crippen LogP contribution in [0.15, 0.2) is 36.9 Å². The number of nitrogens with zero attached hydrogens (tertiary/aromatic N) is 6. The monoisotopic (exact) mass is 256 g/mol. The lowest BCUT2D eigenvalue weighted by Gasteiger charge is -2.04. The second-order valence-corrected chi connectivity index (χ2v) is 3.58. The Labute approximate surface area is 106 Å². The van der Waals surface area contributed by atoms with E-state index in [1.807, 2.05) is 0 Å². The van der Waals surface area contributed by atoms with Crippen LogP contribution in [-0.4, -0.2) is 41.3 Å². The number of amides is 1. The molecule has 9 heteroatoms. The van der Waals surface area contributed by atoms with E-state index in [0.29, 0.717) is 5.69 Å². The number of hydrogen-bond acceptors (Lipinski definition) is 6. The first-order chi connectivity index (χ1) is 9.33. The molecule has 2 aromatic heterocycles. The van der Waals surface area contributed by atoms with Gasteiger partial charge in [0, 0.05) is 5.69 Å². The highest BCUT2D eigenvalue weighted by Gasteiger charge is 2.10. The van der Waals surface area contributed by atoms with Crippen molar-refractivity contribution in [1.29, 1.82) is 0 Å². The molecular weight excluding hydrogens is 248 g/mol. The van der Waals surface area contributed by atoms with Gasteiger partial charge >= 0.3 is 0 Å². The summed E-state index contributed by atoms with van der Waals surface area (Å²) in [4.78, 5) is 15.5. The zero-order valence-electron chi connectivity index (χ0n) is 9.56. The zero-order chi connectivity index (χ0) is 13.1. The molecule has 0 bridgehead atoms. The number of nitrogens with one attached hydrogen (secondary N) is 2. The van der Waals surface area contributed by atoms with Crippen LogP contribution in [0.5, 0.6) is 0 Å². The Morgan fingerprint density at radius 1 is 1.26 bits per heavy atom. The van der Waals surface area contributed by atoms with Crippen LogP contribution in [0.4, 0.5) is 5.69 Å². The molecule has 0 spiro atoms. The van der Waals surface area contributed by atoms with Crippen LogP contribution in [0.25, 0.3) is 5.69 Å². The van der Waals surface area contributed by atoms with Gasteiger partial charge in [0.2, 0.25) is 0 Å². The van der Waals surface area contributed by atoms with Crippen molar-refractivity contribution >= 4 is 11.6 Å². The fourth-order valence-electron chi connectivity index (χ4n) is 1.48. The first-order valence-electron chi connectivity index (χ1n) is 5.33. The van der Waals surface area contributed by atoms with Gasteiger partial charge in [0.25, 0.3) is 11.7 Å². The number of tetrazole rings is 1. The normalized spacial score (nSPS) is 10.3. The molecule has 0 unspecified atom stereocenters. The molecule has 2 heterocycles. The molecule has 1 amide bonds. The second kappa shape index (κ2) is 4.64. The predicted octanol–water partition coefficient (Wildman–Crippen LogP) is 0.0327. The van der Waals surface area contributed by atoms with Gasteiger partial charge in [-0.3, -0.25) is 4.79 Å². The van der Waals surface area contributed by atoms with Gasteiger partial charge in [0.15, 0.2) is 0 Å². The summed E-state index contributed by atoms with van der Waals surface area (Å²) in [6.07, 6.45) is 3.04. The molecule has 0 fully saturated rings. The lowest BCUT2D eigenvalue weighted by atomic mass is 10.3. The minimum absolute atomic E-state index is 0.0136. The van der Waals surface area contributed by atoms with Crippen LogP contribution in [0, 0.1) is 0 Å². The van der Waals surface area contributed by atoms with Crippen molar-refractivity contribution in [2.45, 2.75) is 0 Å². The van der Waals surface area contributed by atoms with Gasteiger partial charge in [-0.1, -0.05) is 0 Å². The van der Waals surface area contributed by atoms with Crippen molar-refractivity contribution < 1.29 is 4.79 Å². The number of rotatable bonds is 3. The Morgan fingerprint density at radius 2 is 2.11 bits per heavy atom. The quantitative estimate of drug-likeness (QED) is 0.683. The summed E-state index contributed by atoms with van der Waals surface area (Å²) in [6, 6.07) is 7.10. The van der Waals surface area contributed by atoms with Gasteiger partial charge in [-0.25, -0.2) is 9.67 Å². The van der Waals surface area contributed by atoms with E-state index in [-0.39, 0.29) is 5.82 Å². The molecule has 1 aromatic carbocycles. The van der Waals surface area contributed by atoms with Crippen molar-refractivity contribution in [2.75, 3.05) is 5.32 Å². The van der Waals surface area contributed by atoms with E-state index in [4.69, 9.17) is 0 Å². The third-order valence-corrected chi connectivity index (χ3v) is 2.36. The van der Waals surface area contributed by atoms with Crippen molar-refractivity contribution in [1.82, 2.24) is 35.4 Å². The average Bonchev–Trinajstić information content (AvgIpc) is 3.13. The van der Waals surface area contributed by atoms with Gasteiger partial charge in [-0.05, 0) is 29.5 Å². The molecule has 3 rings (SSSR count). The van der Waals surface area contributed by atoms with Gasteiger partial charge in [-0.2, -0.15) is 10.3 Å². The first kappa shape index (κ1) is 11.0. The standard InChI is InChI=1S/C10H8N8O/c19-10(9-14-16-17-15-9)13-7-1-3-8(4-2-7)18-6-11-5-12-18/h1-6H,(H,13,19)(H,14,15,16,17). The molecule has 0 aliphatic rings. The Kier molecular flexibility index (Phi) is 2.69. The summed E-state index contributed by atoms with van der Waals surface area (Å²) in [5.74, 6) is -0.442. The number of hydrogen-bond donors (Lipinski definition) is 2. The van der Waals surface area contributed by atoms with Crippen LogP contribution in [-0.2, 0) is 0 Å². The minimum atomic E-state index is -0.428. The number of anilines is 1. The summed E-state index contributed by atoms with van der Waals surface area (Å²) in [7, 11) is 0. The topological polar surface area (TPSA) is 114 Å².